The molecule has 0 N–H and O–H groups in total. The molecule has 5 unspecified atom stereocenters. The summed E-state index contributed by atoms with van der Waals surface area (Å²) >= 11 is 0. The molecule has 1 aliphatic carbocycles. The molecule has 1 fully saturated rings. The molecule has 0 saturated heterocycles. The van der Waals surface area contributed by atoms with Gasteiger partial charge in [-0.3, -0.25) is 0 Å². The van der Waals surface area contributed by atoms with Crippen LogP contribution in [0.3, 0.4) is 0 Å². The van der Waals surface area contributed by atoms with Gasteiger partial charge in [0.05, 0.1) is 12.0 Å². The summed E-state index contributed by atoms with van der Waals surface area (Å²) in [5, 5.41) is 9.75. The van der Waals surface area contributed by atoms with Crippen LogP contribution in [0.15, 0.2) is 54.6 Å². The maximum Gasteiger partial charge on any atom is 0.0662 e. The van der Waals surface area contributed by atoms with E-state index in [-0.39, 0.29) is 11.8 Å². The van der Waals surface area contributed by atoms with Gasteiger partial charge in [-0.15, -0.1) is 0 Å². The first-order chi connectivity index (χ1) is 13.4. The van der Waals surface area contributed by atoms with Crippen molar-refractivity contribution in [2.45, 2.75) is 52.9 Å². The molecule has 0 aromatic heterocycles. The van der Waals surface area contributed by atoms with Gasteiger partial charge in [-0.2, -0.15) is 5.26 Å². The summed E-state index contributed by atoms with van der Waals surface area (Å²) in [5.74, 6) is 2.51. The summed E-state index contributed by atoms with van der Waals surface area (Å²) in [6.45, 7) is 11.3. The molecule has 3 rings (SSSR count). The van der Waals surface area contributed by atoms with Crippen LogP contribution in [0.5, 0.6) is 0 Å². The van der Waals surface area contributed by atoms with Crippen LogP contribution in [0.2, 0.25) is 0 Å². The van der Waals surface area contributed by atoms with Crippen molar-refractivity contribution in [3.05, 3.63) is 76.9 Å². The van der Waals surface area contributed by atoms with Gasteiger partial charge in [0.15, 0.2) is 0 Å². The van der Waals surface area contributed by atoms with E-state index in [2.05, 4.69) is 101 Å². The minimum Gasteiger partial charge on any atom is -0.198 e. The van der Waals surface area contributed by atoms with Gasteiger partial charge in [-0.25, -0.2) is 0 Å². The van der Waals surface area contributed by atoms with Gasteiger partial charge in [0.25, 0.3) is 0 Å². The normalized spacial score (nSPS) is 25.9. The Morgan fingerprint density at radius 1 is 1.00 bits per heavy atom. The first-order valence-corrected chi connectivity index (χ1v) is 10.6. The zero-order valence-electron chi connectivity index (χ0n) is 17.9. The van der Waals surface area contributed by atoms with Crippen molar-refractivity contribution in [2.75, 3.05) is 0 Å². The molecule has 0 heterocycles. The number of aryl methyl sites for hydroxylation is 1. The molecule has 5 atom stereocenters. The number of rotatable bonds is 5. The first-order valence-electron chi connectivity index (χ1n) is 10.6. The molecule has 0 spiro atoms. The Hall–Kier alpha value is -2.33. The van der Waals surface area contributed by atoms with E-state index in [1.807, 2.05) is 0 Å². The van der Waals surface area contributed by atoms with Crippen LogP contribution in [-0.4, -0.2) is 0 Å². The Labute approximate surface area is 171 Å². The summed E-state index contributed by atoms with van der Waals surface area (Å²) in [5.41, 5.74) is 5.27. The molecule has 146 valence electrons. The lowest BCUT2D eigenvalue weighted by Crippen LogP contribution is -2.13. The third-order valence-corrected chi connectivity index (χ3v) is 6.72. The van der Waals surface area contributed by atoms with E-state index in [4.69, 9.17) is 0 Å². The molecular formula is C27H33N. The minimum absolute atomic E-state index is 0.0935. The van der Waals surface area contributed by atoms with E-state index >= 15 is 0 Å². The van der Waals surface area contributed by atoms with E-state index in [0.717, 1.165) is 6.42 Å². The summed E-state index contributed by atoms with van der Waals surface area (Å²) in [6, 6.07) is 20.4. The van der Waals surface area contributed by atoms with Gasteiger partial charge in [-0.1, -0.05) is 93.9 Å². The van der Waals surface area contributed by atoms with Crippen molar-refractivity contribution in [3.8, 4) is 6.07 Å². The van der Waals surface area contributed by atoms with Crippen LogP contribution >= 0.6 is 0 Å². The highest BCUT2D eigenvalue weighted by Gasteiger charge is 2.40. The molecule has 1 aliphatic rings. The summed E-state index contributed by atoms with van der Waals surface area (Å²) in [7, 11) is 0. The fraction of sp³-hybridized carbons (Fsp3) is 0.444. The number of hydrogen-bond donors (Lipinski definition) is 0. The topological polar surface area (TPSA) is 23.8 Å². The van der Waals surface area contributed by atoms with Gasteiger partial charge in [0, 0.05) is 5.92 Å². The molecule has 0 amide bonds. The van der Waals surface area contributed by atoms with Crippen LogP contribution in [0.25, 0.3) is 6.08 Å². The lowest BCUT2D eigenvalue weighted by Gasteiger charge is -2.23. The Bertz CT molecular complexity index is 835. The van der Waals surface area contributed by atoms with Gasteiger partial charge in [0.2, 0.25) is 0 Å². The summed E-state index contributed by atoms with van der Waals surface area (Å²) < 4.78 is 0. The Morgan fingerprint density at radius 3 is 2.21 bits per heavy atom. The predicted molar refractivity (Wildman–Crippen MR) is 119 cm³/mol. The smallest absolute Gasteiger partial charge is 0.0662 e. The zero-order chi connectivity index (χ0) is 20.3. The number of allylic oxidation sites excluding steroid dienone is 1. The predicted octanol–water partition coefficient (Wildman–Crippen LogP) is 7.35. The minimum atomic E-state index is 0.0935. The summed E-state index contributed by atoms with van der Waals surface area (Å²) in [6.07, 6.45) is 5.47. The highest BCUT2D eigenvalue weighted by molar-refractivity contribution is 5.51. The van der Waals surface area contributed by atoms with E-state index < -0.39 is 0 Å². The quantitative estimate of drug-likeness (QED) is 0.539. The third-order valence-electron chi connectivity index (χ3n) is 6.72. The van der Waals surface area contributed by atoms with E-state index in [1.54, 1.807) is 0 Å². The lowest BCUT2D eigenvalue weighted by atomic mass is 9.80. The molecule has 0 aliphatic heterocycles. The number of hydrogen-bond acceptors (Lipinski definition) is 1. The number of benzene rings is 2. The molecule has 2 aromatic rings. The van der Waals surface area contributed by atoms with Gasteiger partial charge in [-0.05, 0) is 53.7 Å². The molecule has 28 heavy (non-hydrogen) atoms. The average Bonchev–Trinajstić information content (AvgIpc) is 3.02. The second kappa shape index (κ2) is 8.78. The van der Waals surface area contributed by atoms with Gasteiger partial charge >= 0.3 is 0 Å². The van der Waals surface area contributed by atoms with Crippen molar-refractivity contribution < 1.29 is 0 Å². The fourth-order valence-corrected chi connectivity index (χ4v) is 4.58. The molecule has 1 heteroatoms. The van der Waals surface area contributed by atoms with E-state index in [0.29, 0.717) is 23.7 Å². The second-order valence-electron chi connectivity index (χ2n) is 9.02. The number of nitrogens with zero attached hydrogens (tertiary/aromatic N) is 1. The van der Waals surface area contributed by atoms with Crippen molar-refractivity contribution in [2.24, 2.45) is 23.7 Å². The van der Waals surface area contributed by atoms with Gasteiger partial charge in [0.1, 0.15) is 0 Å². The van der Waals surface area contributed by atoms with E-state index in [9.17, 15) is 5.26 Å². The maximum absolute atomic E-state index is 9.75. The van der Waals surface area contributed by atoms with Crippen LogP contribution in [-0.2, 0) is 0 Å². The lowest BCUT2D eigenvalue weighted by molar-refractivity contribution is 0.480. The summed E-state index contributed by atoms with van der Waals surface area (Å²) in [4.78, 5) is 0. The zero-order valence-corrected chi connectivity index (χ0v) is 17.9. The maximum atomic E-state index is 9.75. The van der Waals surface area contributed by atoms with E-state index in [1.165, 1.54) is 22.3 Å². The Balaban J connectivity index is 1.86. The molecule has 1 nitrogen and oxygen atoms in total. The van der Waals surface area contributed by atoms with Crippen LogP contribution in [0.1, 0.15) is 68.2 Å². The standard InChI is InChI=1S/C27H33N/c1-18(2)21(5)23-11-13-24(14-12-23)27-20(4)16-25(17-28)26(27)15-10-22-8-6-19(3)7-9-22/h6-15,18,20-21,25-27H,16H2,1-5H3/b15-10+. The highest BCUT2D eigenvalue weighted by Crippen LogP contribution is 2.48. The SMILES string of the molecule is Cc1ccc(/C=C/C2C(C#N)CC(C)C2c2ccc(C(C)C(C)C)cc2)cc1. The molecule has 0 bridgehead atoms. The fourth-order valence-electron chi connectivity index (χ4n) is 4.58. The second-order valence-corrected chi connectivity index (χ2v) is 9.02. The van der Waals surface area contributed by atoms with Crippen molar-refractivity contribution in [3.63, 3.8) is 0 Å². The van der Waals surface area contributed by atoms with Crippen molar-refractivity contribution in [1.82, 2.24) is 0 Å². The monoisotopic (exact) mass is 371 g/mol. The number of nitriles is 1. The Kier molecular flexibility index (Phi) is 6.40. The molecular weight excluding hydrogens is 338 g/mol. The molecule has 2 aromatic carbocycles. The Morgan fingerprint density at radius 2 is 1.64 bits per heavy atom. The van der Waals surface area contributed by atoms with Crippen LogP contribution in [0.4, 0.5) is 0 Å². The van der Waals surface area contributed by atoms with Crippen molar-refractivity contribution in [1.29, 1.82) is 5.26 Å². The van der Waals surface area contributed by atoms with Crippen LogP contribution < -0.4 is 0 Å². The highest BCUT2D eigenvalue weighted by atomic mass is 14.4. The van der Waals surface area contributed by atoms with Gasteiger partial charge < -0.3 is 0 Å². The molecule has 0 radical (unpaired) electrons. The third kappa shape index (κ3) is 4.39. The first kappa shape index (κ1) is 20.4. The van der Waals surface area contributed by atoms with Crippen LogP contribution in [0, 0.1) is 41.9 Å². The molecule has 1 saturated carbocycles. The average molecular weight is 372 g/mol. The van der Waals surface area contributed by atoms with Crippen molar-refractivity contribution >= 4 is 6.08 Å². The largest absolute Gasteiger partial charge is 0.198 e.